The van der Waals surface area contributed by atoms with Crippen LogP contribution >= 0.6 is 0 Å². The predicted molar refractivity (Wildman–Crippen MR) is 117 cm³/mol. The highest BCUT2D eigenvalue weighted by Gasteiger charge is 2.32. The Hall–Kier alpha value is -2.49. The third kappa shape index (κ3) is 5.61. The molecule has 3 rings (SSSR count). The van der Waals surface area contributed by atoms with Gasteiger partial charge in [-0.25, -0.2) is 12.8 Å². The Labute approximate surface area is 182 Å². The van der Waals surface area contributed by atoms with Crippen LogP contribution in [0.3, 0.4) is 0 Å². The van der Waals surface area contributed by atoms with Crippen LogP contribution in [0.1, 0.15) is 30.6 Å². The quantitative estimate of drug-likeness (QED) is 0.647. The molecule has 1 atom stereocenters. The summed E-state index contributed by atoms with van der Waals surface area (Å²) in [7, 11) is -3.97. The maximum absolute atomic E-state index is 13.1. The predicted octanol–water partition coefficient (Wildman–Crippen LogP) is 2.86. The highest BCUT2D eigenvalue weighted by atomic mass is 32.2. The fourth-order valence-corrected chi connectivity index (χ4v) is 4.60. The number of carbonyl (C=O) groups is 1. The van der Waals surface area contributed by atoms with Gasteiger partial charge in [-0.05, 0) is 49.7 Å². The van der Waals surface area contributed by atoms with Crippen molar-refractivity contribution in [2.45, 2.75) is 30.7 Å². The number of nitrogens with zero attached hydrogens (tertiary/aromatic N) is 1. The molecule has 2 N–H and O–H groups in total. The Morgan fingerprint density at radius 2 is 1.77 bits per heavy atom. The highest BCUT2D eigenvalue weighted by Crippen LogP contribution is 2.23. The zero-order chi connectivity index (χ0) is 22.5. The van der Waals surface area contributed by atoms with E-state index in [9.17, 15) is 17.6 Å². The van der Waals surface area contributed by atoms with Crippen LogP contribution in [0.2, 0.25) is 0 Å². The van der Waals surface area contributed by atoms with Crippen LogP contribution < -0.4 is 10.0 Å². The smallest absolute Gasteiger partial charge is 0.261 e. The average molecular weight is 450 g/mol. The summed E-state index contributed by atoms with van der Waals surface area (Å²) in [5.41, 5.74) is 0.143. The van der Waals surface area contributed by atoms with E-state index in [1.807, 2.05) is 0 Å². The summed E-state index contributed by atoms with van der Waals surface area (Å²) >= 11 is 0. The monoisotopic (exact) mass is 449 g/mol. The lowest BCUT2D eigenvalue weighted by atomic mass is 9.95. The molecule has 0 spiro atoms. The number of nitrogens with one attached hydrogen (secondary N) is 2. The van der Waals surface area contributed by atoms with Crippen LogP contribution in [0.25, 0.3) is 0 Å². The third-order valence-corrected chi connectivity index (χ3v) is 7.09. The number of amides is 1. The molecule has 1 unspecified atom stereocenters. The molecule has 7 nitrogen and oxygen atoms in total. The molecule has 1 amide bonds. The SMILES string of the molecule is CCC(C)(CNC(=O)c1ccccc1NS(=O)(=O)c1ccc(F)cc1)N1CCOCC1. The van der Waals surface area contributed by atoms with E-state index in [1.165, 1.54) is 18.2 Å². The fourth-order valence-electron chi connectivity index (χ4n) is 3.52. The van der Waals surface area contributed by atoms with E-state index in [1.54, 1.807) is 18.2 Å². The maximum Gasteiger partial charge on any atom is 0.261 e. The summed E-state index contributed by atoms with van der Waals surface area (Å²) < 4.78 is 46.4. The molecule has 1 aliphatic rings. The number of halogens is 1. The second kappa shape index (κ2) is 9.76. The first-order valence-electron chi connectivity index (χ1n) is 10.2. The maximum atomic E-state index is 13.1. The fraction of sp³-hybridized carbons (Fsp3) is 0.409. The largest absolute Gasteiger partial charge is 0.379 e. The van der Waals surface area contributed by atoms with Gasteiger partial charge in [-0.15, -0.1) is 0 Å². The highest BCUT2D eigenvalue weighted by molar-refractivity contribution is 7.92. The van der Waals surface area contributed by atoms with E-state index in [0.717, 1.165) is 31.6 Å². The summed E-state index contributed by atoms with van der Waals surface area (Å²) in [5, 5.41) is 2.96. The van der Waals surface area contributed by atoms with Crippen LogP contribution in [-0.4, -0.2) is 57.6 Å². The minimum absolute atomic E-state index is 0.0880. The van der Waals surface area contributed by atoms with Crippen molar-refractivity contribution in [1.29, 1.82) is 0 Å². The van der Waals surface area contributed by atoms with Gasteiger partial charge < -0.3 is 10.1 Å². The van der Waals surface area contributed by atoms with Crippen LogP contribution in [0.4, 0.5) is 10.1 Å². The van der Waals surface area contributed by atoms with Crippen molar-refractivity contribution in [1.82, 2.24) is 10.2 Å². The van der Waals surface area contributed by atoms with Crippen molar-refractivity contribution < 1.29 is 22.3 Å². The van der Waals surface area contributed by atoms with E-state index in [0.29, 0.717) is 19.8 Å². The second-order valence-electron chi connectivity index (χ2n) is 7.74. The number of ether oxygens (including phenoxy) is 1. The standard InChI is InChI=1S/C22H28FN3O4S/c1-3-22(2,26-12-14-30-15-13-26)16-24-21(27)19-6-4-5-7-20(19)25-31(28,29)18-10-8-17(23)9-11-18/h4-11,25H,3,12-16H2,1-2H3,(H,24,27). The van der Waals surface area contributed by atoms with Gasteiger partial charge in [-0.2, -0.15) is 0 Å². The van der Waals surface area contributed by atoms with Crippen LogP contribution in [0.5, 0.6) is 0 Å². The number of rotatable bonds is 8. The van der Waals surface area contributed by atoms with Crippen LogP contribution in [0.15, 0.2) is 53.4 Å². The van der Waals surface area contributed by atoms with Gasteiger partial charge in [0, 0.05) is 25.2 Å². The van der Waals surface area contributed by atoms with Gasteiger partial charge in [0.05, 0.1) is 29.4 Å². The minimum atomic E-state index is -3.97. The van der Waals surface area contributed by atoms with Gasteiger partial charge in [-0.3, -0.25) is 14.4 Å². The first-order chi connectivity index (χ1) is 14.7. The van der Waals surface area contributed by atoms with Crippen molar-refractivity contribution in [2.24, 2.45) is 0 Å². The molecule has 9 heteroatoms. The Kier molecular flexibility index (Phi) is 7.30. The van der Waals surface area contributed by atoms with E-state index in [4.69, 9.17) is 4.74 Å². The van der Waals surface area contributed by atoms with Crippen molar-refractivity contribution in [3.05, 3.63) is 59.9 Å². The van der Waals surface area contributed by atoms with Crippen LogP contribution in [-0.2, 0) is 14.8 Å². The van der Waals surface area contributed by atoms with Gasteiger partial charge in [-0.1, -0.05) is 19.1 Å². The summed E-state index contributed by atoms with van der Waals surface area (Å²) in [6.07, 6.45) is 0.839. The lowest BCUT2D eigenvalue weighted by Gasteiger charge is -2.43. The lowest BCUT2D eigenvalue weighted by Crippen LogP contribution is -2.56. The Morgan fingerprint density at radius 1 is 1.13 bits per heavy atom. The van der Waals surface area contributed by atoms with E-state index in [2.05, 4.69) is 28.8 Å². The van der Waals surface area contributed by atoms with E-state index >= 15 is 0 Å². The molecule has 0 saturated carbocycles. The van der Waals surface area contributed by atoms with Gasteiger partial charge in [0.15, 0.2) is 0 Å². The molecule has 0 aliphatic carbocycles. The van der Waals surface area contributed by atoms with Gasteiger partial charge in [0.1, 0.15) is 5.82 Å². The molecular formula is C22H28FN3O4S. The van der Waals surface area contributed by atoms with Gasteiger partial charge >= 0.3 is 0 Å². The van der Waals surface area contributed by atoms with Crippen molar-refractivity contribution >= 4 is 21.6 Å². The molecule has 2 aromatic carbocycles. The average Bonchev–Trinajstić information content (AvgIpc) is 2.78. The number of benzene rings is 2. The first-order valence-corrected chi connectivity index (χ1v) is 11.7. The number of anilines is 1. The summed E-state index contributed by atoms with van der Waals surface area (Å²) in [4.78, 5) is 15.2. The Bertz CT molecular complexity index is 1010. The molecule has 0 aromatic heterocycles. The lowest BCUT2D eigenvalue weighted by molar-refractivity contribution is -0.0169. The molecule has 0 radical (unpaired) electrons. The molecule has 2 aromatic rings. The molecule has 0 bridgehead atoms. The van der Waals surface area contributed by atoms with Gasteiger partial charge in [0.2, 0.25) is 0 Å². The number of sulfonamides is 1. The molecule has 31 heavy (non-hydrogen) atoms. The molecule has 1 aliphatic heterocycles. The molecule has 1 heterocycles. The first kappa shape index (κ1) is 23.2. The Morgan fingerprint density at radius 3 is 2.42 bits per heavy atom. The molecule has 1 saturated heterocycles. The number of hydrogen-bond acceptors (Lipinski definition) is 5. The molecular weight excluding hydrogens is 421 g/mol. The number of hydrogen-bond donors (Lipinski definition) is 2. The van der Waals surface area contributed by atoms with Crippen LogP contribution in [0, 0.1) is 5.82 Å². The number of para-hydroxylation sites is 1. The summed E-state index contributed by atoms with van der Waals surface area (Å²) in [6, 6.07) is 10.9. The van der Waals surface area contributed by atoms with E-state index in [-0.39, 0.29) is 27.6 Å². The minimum Gasteiger partial charge on any atom is -0.379 e. The number of carbonyl (C=O) groups excluding carboxylic acids is 1. The molecule has 1 fully saturated rings. The van der Waals surface area contributed by atoms with E-state index < -0.39 is 15.8 Å². The Balaban J connectivity index is 1.74. The number of morpholine rings is 1. The second-order valence-corrected chi connectivity index (χ2v) is 9.42. The summed E-state index contributed by atoms with van der Waals surface area (Å²) in [5.74, 6) is -0.900. The van der Waals surface area contributed by atoms with Gasteiger partial charge in [0.25, 0.3) is 15.9 Å². The topological polar surface area (TPSA) is 87.7 Å². The third-order valence-electron chi connectivity index (χ3n) is 5.71. The van der Waals surface area contributed by atoms with Crippen molar-refractivity contribution in [3.8, 4) is 0 Å². The normalized spacial score (nSPS) is 17.0. The summed E-state index contributed by atoms with van der Waals surface area (Å²) in [6.45, 7) is 7.52. The zero-order valence-electron chi connectivity index (χ0n) is 17.7. The van der Waals surface area contributed by atoms with Crippen molar-refractivity contribution in [2.75, 3.05) is 37.6 Å². The van der Waals surface area contributed by atoms with Crippen molar-refractivity contribution in [3.63, 3.8) is 0 Å². The zero-order valence-corrected chi connectivity index (χ0v) is 18.5. The molecule has 168 valence electrons.